The molecular weight excluding hydrogens is 397 g/mol. The van der Waals surface area contributed by atoms with Crippen molar-refractivity contribution in [2.24, 2.45) is 10.9 Å². The van der Waals surface area contributed by atoms with Crippen molar-refractivity contribution >= 4 is 17.3 Å². The van der Waals surface area contributed by atoms with Gasteiger partial charge in [0.1, 0.15) is 5.82 Å². The molecule has 1 aromatic carbocycles. The van der Waals surface area contributed by atoms with E-state index in [4.69, 9.17) is 0 Å². The number of hydrogen-bond donors (Lipinski definition) is 2. The predicted octanol–water partition coefficient (Wildman–Crippen LogP) is 3.95. The molecule has 1 aliphatic heterocycles. The molecular formula is C23H34FN5S. The van der Waals surface area contributed by atoms with Gasteiger partial charge in [0.25, 0.3) is 0 Å². The van der Waals surface area contributed by atoms with Crippen LogP contribution < -0.4 is 10.6 Å². The highest BCUT2D eigenvalue weighted by Crippen LogP contribution is 2.23. The Morgan fingerprint density at radius 3 is 2.70 bits per heavy atom. The van der Waals surface area contributed by atoms with Gasteiger partial charge in [-0.2, -0.15) is 0 Å². The van der Waals surface area contributed by atoms with Crippen LogP contribution in [0.3, 0.4) is 0 Å². The number of benzene rings is 1. The fourth-order valence-electron chi connectivity index (χ4n) is 3.84. The maximum Gasteiger partial charge on any atom is 0.191 e. The van der Waals surface area contributed by atoms with E-state index in [-0.39, 0.29) is 11.2 Å². The van der Waals surface area contributed by atoms with E-state index in [9.17, 15) is 4.39 Å². The molecule has 0 amide bonds. The summed E-state index contributed by atoms with van der Waals surface area (Å²) in [6, 6.07) is 6.83. The van der Waals surface area contributed by atoms with E-state index in [0.29, 0.717) is 12.5 Å². The van der Waals surface area contributed by atoms with Gasteiger partial charge in [-0.15, -0.1) is 11.3 Å². The van der Waals surface area contributed by atoms with Crippen molar-refractivity contribution in [3.63, 3.8) is 0 Å². The van der Waals surface area contributed by atoms with Gasteiger partial charge >= 0.3 is 0 Å². The minimum Gasteiger partial charge on any atom is -0.356 e. The molecule has 1 saturated heterocycles. The number of aliphatic imine (C=N–C) groups is 1. The van der Waals surface area contributed by atoms with Crippen LogP contribution in [-0.2, 0) is 12.0 Å². The van der Waals surface area contributed by atoms with Crippen LogP contribution in [0.25, 0.3) is 0 Å². The van der Waals surface area contributed by atoms with Gasteiger partial charge < -0.3 is 10.6 Å². The molecule has 30 heavy (non-hydrogen) atoms. The molecule has 1 aromatic heterocycles. The van der Waals surface area contributed by atoms with Crippen molar-refractivity contribution in [2.45, 2.75) is 45.6 Å². The van der Waals surface area contributed by atoms with Crippen molar-refractivity contribution in [1.82, 2.24) is 20.5 Å². The normalized spacial score (nSPS) is 16.6. The summed E-state index contributed by atoms with van der Waals surface area (Å²) < 4.78 is 13.6. The molecule has 5 nitrogen and oxygen atoms in total. The number of guanidine groups is 1. The van der Waals surface area contributed by atoms with Crippen LogP contribution in [0.5, 0.6) is 0 Å². The second-order valence-electron chi connectivity index (χ2n) is 8.78. The lowest BCUT2D eigenvalue weighted by Gasteiger charge is -2.32. The minimum absolute atomic E-state index is 0.195. The van der Waals surface area contributed by atoms with E-state index in [2.05, 4.69) is 51.7 Å². The summed E-state index contributed by atoms with van der Waals surface area (Å²) in [5.74, 6) is 1.26. The third-order valence-electron chi connectivity index (χ3n) is 5.84. The molecule has 1 aliphatic rings. The average Bonchev–Trinajstić information content (AvgIpc) is 3.14. The Bertz CT molecular complexity index is 840. The van der Waals surface area contributed by atoms with Crippen LogP contribution in [0.4, 0.5) is 4.39 Å². The summed E-state index contributed by atoms with van der Waals surface area (Å²) in [4.78, 5) is 11.4. The number of nitrogens with one attached hydrogen (secondary N) is 2. The summed E-state index contributed by atoms with van der Waals surface area (Å²) in [7, 11) is 1.79. The van der Waals surface area contributed by atoms with Crippen LogP contribution in [0, 0.1) is 18.7 Å². The second-order valence-corrected chi connectivity index (χ2v) is 9.84. The first-order valence-electron chi connectivity index (χ1n) is 10.7. The maximum atomic E-state index is 13.6. The molecule has 0 atom stereocenters. The smallest absolute Gasteiger partial charge is 0.191 e. The Balaban J connectivity index is 1.40. The fraction of sp³-hybridized carbons (Fsp3) is 0.565. The highest BCUT2D eigenvalue weighted by molar-refractivity contribution is 7.09. The zero-order valence-electron chi connectivity index (χ0n) is 18.5. The van der Waals surface area contributed by atoms with Crippen molar-refractivity contribution in [3.05, 3.63) is 51.7 Å². The van der Waals surface area contributed by atoms with Crippen LogP contribution in [0.15, 0.2) is 34.6 Å². The summed E-state index contributed by atoms with van der Waals surface area (Å²) in [5.41, 5.74) is 1.98. The van der Waals surface area contributed by atoms with Crippen LogP contribution in [0.2, 0.25) is 0 Å². The molecule has 2 aromatic rings. The first kappa shape index (κ1) is 22.7. The molecule has 0 spiro atoms. The van der Waals surface area contributed by atoms with Gasteiger partial charge in [0.05, 0.1) is 10.7 Å². The third-order valence-corrected chi connectivity index (χ3v) is 6.67. The zero-order valence-corrected chi connectivity index (χ0v) is 19.4. The monoisotopic (exact) mass is 431 g/mol. The Morgan fingerprint density at radius 1 is 1.30 bits per heavy atom. The molecule has 0 bridgehead atoms. The molecule has 0 radical (unpaired) electrons. The van der Waals surface area contributed by atoms with Gasteiger partial charge in [0.2, 0.25) is 0 Å². The second kappa shape index (κ2) is 10.4. The van der Waals surface area contributed by atoms with E-state index in [1.165, 1.54) is 24.6 Å². The van der Waals surface area contributed by atoms with E-state index in [0.717, 1.165) is 42.7 Å². The summed E-state index contributed by atoms with van der Waals surface area (Å²) in [6.45, 7) is 11.1. The van der Waals surface area contributed by atoms with Crippen LogP contribution >= 0.6 is 11.3 Å². The molecule has 2 heterocycles. The number of aromatic nitrogens is 1. The molecule has 0 aliphatic carbocycles. The summed E-state index contributed by atoms with van der Waals surface area (Å²) in [6.07, 6.45) is 2.36. The molecule has 1 fully saturated rings. The predicted molar refractivity (Wildman–Crippen MR) is 124 cm³/mol. The molecule has 164 valence electrons. The number of hydrogen-bond acceptors (Lipinski definition) is 4. The molecule has 0 saturated carbocycles. The van der Waals surface area contributed by atoms with Gasteiger partial charge in [0.15, 0.2) is 5.96 Å². The molecule has 2 N–H and O–H groups in total. The van der Waals surface area contributed by atoms with Crippen molar-refractivity contribution in [1.29, 1.82) is 0 Å². The largest absolute Gasteiger partial charge is 0.356 e. The number of thiazole rings is 1. The minimum atomic E-state index is -0.195. The van der Waals surface area contributed by atoms with Gasteiger partial charge in [-0.05, 0) is 56.5 Å². The lowest BCUT2D eigenvalue weighted by Crippen LogP contribution is -2.46. The van der Waals surface area contributed by atoms with Gasteiger partial charge in [0, 0.05) is 37.5 Å². The number of rotatable bonds is 7. The van der Waals surface area contributed by atoms with E-state index >= 15 is 0 Å². The lowest BCUT2D eigenvalue weighted by atomic mass is 9.84. The molecule has 7 heteroatoms. The average molecular weight is 432 g/mol. The summed E-state index contributed by atoms with van der Waals surface area (Å²) >= 11 is 1.73. The highest BCUT2D eigenvalue weighted by atomic mass is 32.1. The number of aryl methyl sites for hydroxylation is 1. The van der Waals surface area contributed by atoms with E-state index in [1.54, 1.807) is 30.5 Å². The maximum absolute atomic E-state index is 13.6. The number of halogens is 1. The number of nitrogens with zero attached hydrogens (tertiary/aromatic N) is 3. The Kier molecular flexibility index (Phi) is 7.83. The Morgan fingerprint density at radius 2 is 2.07 bits per heavy atom. The summed E-state index contributed by atoms with van der Waals surface area (Å²) in [5, 5.41) is 10.2. The fourth-order valence-corrected chi connectivity index (χ4v) is 4.44. The van der Waals surface area contributed by atoms with Gasteiger partial charge in [-0.1, -0.05) is 26.0 Å². The standard InChI is InChI=1S/C23H34FN5S/c1-17-28-21(15-30-17)14-29-10-8-18(9-11-29)13-26-22(25-4)27-16-23(2,3)19-6-5-7-20(24)12-19/h5-7,12,15,18H,8-11,13-14,16H2,1-4H3,(H2,25,26,27). The highest BCUT2D eigenvalue weighted by Gasteiger charge is 2.23. The SMILES string of the molecule is CN=C(NCC1CCN(Cc2csc(C)n2)CC1)NCC(C)(C)c1cccc(F)c1. The Labute approximate surface area is 183 Å². The van der Waals surface area contributed by atoms with Crippen LogP contribution in [-0.4, -0.2) is 49.1 Å². The quantitative estimate of drug-likeness (QED) is 0.515. The van der Waals surface area contributed by atoms with Crippen molar-refractivity contribution in [2.75, 3.05) is 33.2 Å². The number of likely N-dealkylation sites (tertiary alicyclic amines) is 1. The lowest BCUT2D eigenvalue weighted by molar-refractivity contribution is 0.176. The van der Waals surface area contributed by atoms with Gasteiger partial charge in [-0.3, -0.25) is 9.89 Å². The van der Waals surface area contributed by atoms with Crippen molar-refractivity contribution < 1.29 is 4.39 Å². The molecule has 3 rings (SSSR count). The van der Waals surface area contributed by atoms with Gasteiger partial charge in [-0.25, -0.2) is 9.37 Å². The zero-order chi connectivity index (χ0) is 21.6. The third kappa shape index (κ3) is 6.51. The Hall–Kier alpha value is -1.99. The van der Waals surface area contributed by atoms with Crippen molar-refractivity contribution in [3.8, 4) is 0 Å². The number of piperidine rings is 1. The van der Waals surface area contributed by atoms with E-state index in [1.807, 2.05) is 6.07 Å². The van der Waals surface area contributed by atoms with E-state index < -0.39 is 0 Å². The molecule has 0 unspecified atom stereocenters. The first-order valence-corrected chi connectivity index (χ1v) is 11.6. The topological polar surface area (TPSA) is 52.6 Å². The first-order chi connectivity index (χ1) is 14.4. The van der Waals surface area contributed by atoms with Crippen LogP contribution in [0.1, 0.15) is 43.0 Å².